The second-order valence-electron chi connectivity index (χ2n) is 0.115. The molecule has 3 nitrogen and oxygen atoms in total. The Morgan fingerprint density at radius 3 is 1.40 bits per heavy atom. The molecule has 0 heterocycles. The number of hydrogen-bond acceptors (Lipinski definition) is 2. The summed E-state index contributed by atoms with van der Waals surface area (Å²) in [7, 11) is 0. The molecule has 0 fully saturated rings. The van der Waals surface area contributed by atoms with Crippen LogP contribution in [0.3, 0.4) is 0 Å². The van der Waals surface area contributed by atoms with Crippen molar-refractivity contribution in [1.29, 1.82) is 0 Å². The molecule has 0 bridgehead atoms. The zero-order valence-corrected chi connectivity index (χ0v) is 4.97. The molecule has 0 aromatic heterocycles. The number of rotatable bonds is 0. The van der Waals surface area contributed by atoms with Crippen LogP contribution in [0, 0.1) is 0 Å². The number of hydrogen-bond donors (Lipinski definition) is 2. The summed E-state index contributed by atoms with van der Waals surface area (Å²) in [5, 5.41) is 14.0. The van der Waals surface area contributed by atoms with Crippen molar-refractivity contribution in [2.75, 3.05) is 0 Å². The largest absolute Gasteiger partial charge is 1.00 e. The summed E-state index contributed by atoms with van der Waals surface area (Å²) in [6.45, 7) is 0. The monoisotopic (exact) mass is 87.0 g/mol. The summed E-state index contributed by atoms with van der Waals surface area (Å²) < 4.78 is 0. The third kappa shape index (κ3) is 48.0. The SMILES string of the molecule is O.O[B]O.[H-].[Na+]. The van der Waals surface area contributed by atoms with Crippen LogP contribution in [0.1, 0.15) is 1.43 Å². The summed E-state index contributed by atoms with van der Waals surface area (Å²) in [6, 6.07) is 0. The van der Waals surface area contributed by atoms with Gasteiger partial charge in [-0.05, 0) is 0 Å². The van der Waals surface area contributed by atoms with Gasteiger partial charge in [0, 0.05) is 0 Å². The van der Waals surface area contributed by atoms with Gasteiger partial charge in [-0.2, -0.15) is 0 Å². The van der Waals surface area contributed by atoms with E-state index in [1.54, 1.807) is 0 Å². The first kappa shape index (κ1) is 16.8. The van der Waals surface area contributed by atoms with Gasteiger partial charge < -0.3 is 17.0 Å². The van der Waals surface area contributed by atoms with Crippen LogP contribution < -0.4 is 29.6 Å². The van der Waals surface area contributed by atoms with E-state index in [2.05, 4.69) is 0 Å². The van der Waals surface area contributed by atoms with Crippen molar-refractivity contribution >= 4 is 7.69 Å². The van der Waals surface area contributed by atoms with Crippen molar-refractivity contribution in [3.8, 4) is 0 Å². The Hall–Kier alpha value is 0.945. The van der Waals surface area contributed by atoms with Crippen LogP contribution in [-0.2, 0) is 0 Å². The molecule has 5 heteroatoms. The van der Waals surface area contributed by atoms with E-state index in [0.29, 0.717) is 0 Å². The summed E-state index contributed by atoms with van der Waals surface area (Å²) >= 11 is 0. The Morgan fingerprint density at radius 2 is 1.40 bits per heavy atom. The van der Waals surface area contributed by atoms with E-state index in [1.165, 1.54) is 0 Å². The van der Waals surface area contributed by atoms with Crippen molar-refractivity contribution in [2.24, 2.45) is 0 Å². The molecule has 0 spiro atoms. The van der Waals surface area contributed by atoms with Gasteiger partial charge in [0.15, 0.2) is 0 Å². The van der Waals surface area contributed by atoms with Crippen LogP contribution in [0.5, 0.6) is 0 Å². The Kier molecular flexibility index (Phi) is 68.2. The van der Waals surface area contributed by atoms with Crippen LogP contribution in [0.4, 0.5) is 0 Å². The van der Waals surface area contributed by atoms with Crippen LogP contribution in [0.2, 0.25) is 0 Å². The minimum Gasteiger partial charge on any atom is -1.00 e. The summed E-state index contributed by atoms with van der Waals surface area (Å²) in [5.41, 5.74) is 0. The smallest absolute Gasteiger partial charge is 1.00 e. The first-order chi connectivity index (χ1) is 1.41. The molecule has 0 atom stereocenters. The summed E-state index contributed by atoms with van der Waals surface area (Å²) in [5.74, 6) is 0. The normalized spacial score (nSPS) is 2.80. The van der Waals surface area contributed by atoms with Crippen molar-refractivity contribution in [3.05, 3.63) is 0 Å². The zero-order valence-electron chi connectivity index (χ0n) is 3.97. The fourth-order valence-corrected chi connectivity index (χ4v) is 0. The summed E-state index contributed by atoms with van der Waals surface area (Å²) in [6.07, 6.45) is 0. The molecule has 0 aromatic carbocycles. The molecule has 0 aromatic rings. The van der Waals surface area contributed by atoms with Gasteiger partial charge in [0.25, 0.3) is 0 Å². The molecule has 0 amide bonds. The third-order valence-electron chi connectivity index (χ3n) is 0. The van der Waals surface area contributed by atoms with E-state index in [4.69, 9.17) is 10.0 Å². The maximum absolute atomic E-state index is 7.00. The molecular weight excluding hydrogens is 81.8 g/mol. The van der Waals surface area contributed by atoms with E-state index < -0.39 is 0 Å². The molecular formula is H5BNaO3. The Labute approximate surface area is 54.4 Å². The van der Waals surface area contributed by atoms with Gasteiger partial charge in [0.1, 0.15) is 0 Å². The fourth-order valence-electron chi connectivity index (χ4n) is 0. The van der Waals surface area contributed by atoms with E-state index in [-0.39, 0.29) is 44.1 Å². The molecule has 0 saturated heterocycles. The van der Waals surface area contributed by atoms with Gasteiger partial charge in [0.2, 0.25) is 0 Å². The van der Waals surface area contributed by atoms with E-state index in [1.807, 2.05) is 0 Å². The van der Waals surface area contributed by atoms with E-state index >= 15 is 0 Å². The van der Waals surface area contributed by atoms with Crippen molar-refractivity contribution in [1.82, 2.24) is 0 Å². The second-order valence-corrected chi connectivity index (χ2v) is 0.115. The van der Waals surface area contributed by atoms with Crippen LogP contribution in [0.15, 0.2) is 0 Å². The summed E-state index contributed by atoms with van der Waals surface area (Å²) in [4.78, 5) is 0. The van der Waals surface area contributed by atoms with Crippen LogP contribution in [0.25, 0.3) is 0 Å². The van der Waals surface area contributed by atoms with Crippen molar-refractivity contribution < 1.29 is 46.5 Å². The third-order valence-corrected chi connectivity index (χ3v) is 0. The van der Waals surface area contributed by atoms with E-state index in [9.17, 15) is 0 Å². The quantitative estimate of drug-likeness (QED) is 0.290. The average molecular weight is 86.8 g/mol. The zero-order chi connectivity index (χ0) is 2.71. The minimum absolute atomic E-state index is 0. The van der Waals surface area contributed by atoms with Gasteiger partial charge >= 0.3 is 37.2 Å². The first-order valence-electron chi connectivity index (χ1n) is 0.516. The van der Waals surface area contributed by atoms with Gasteiger partial charge in [-0.3, -0.25) is 0 Å². The first-order valence-corrected chi connectivity index (χ1v) is 0.516. The minimum atomic E-state index is 0. The molecule has 0 aliphatic rings. The topological polar surface area (TPSA) is 72.0 Å². The maximum atomic E-state index is 7.00. The molecule has 4 N–H and O–H groups in total. The predicted octanol–water partition coefficient (Wildman–Crippen LogP) is -5.20. The molecule has 5 heavy (non-hydrogen) atoms. The van der Waals surface area contributed by atoms with Crippen LogP contribution in [-0.4, -0.2) is 23.2 Å². The molecule has 0 rings (SSSR count). The molecule has 0 saturated carbocycles. The molecule has 1 radical (unpaired) electrons. The second kappa shape index (κ2) is 20.3. The van der Waals surface area contributed by atoms with Crippen molar-refractivity contribution in [3.63, 3.8) is 0 Å². The Bertz CT molecular complexity index is 10.8. The average Bonchev–Trinajstić information content (AvgIpc) is 0.918. The molecule has 0 aliphatic heterocycles. The Balaban J connectivity index is -0.00000000667. The predicted molar refractivity (Wildman–Crippen MR) is 14.9 cm³/mol. The van der Waals surface area contributed by atoms with Crippen molar-refractivity contribution in [2.45, 2.75) is 0 Å². The standard InChI is InChI=1S/BH2O2.Na.H2O.H/c2-1-3;;;/h2-3H;;1H2;/q;+1;;-1. The maximum Gasteiger partial charge on any atom is 1.00 e. The van der Waals surface area contributed by atoms with Crippen LogP contribution >= 0.6 is 0 Å². The fraction of sp³-hybridized carbons (Fsp3) is 0. The van der Waals surface area contributed by atoms with Gasteiger partial charge in [-0.15, -0.1) is 0 Å². The van der Waals surface area contributed by atoms with E-state index in [0.717, 1.165) is 0 Å². The molecule has 0 aliphatic carbocycles. The molecule has 27 valence electrons. The molecule has 0 unspecified atom stereocenters. The van der Waals surface area contributed by atoms with Gasteiger partial charge in [0.05, 0.1) is 0 Å². The van der Waals surface area contributed by atoms with Gasteiger partial charge in [-0.25, -0.2) is 0 Å². The Morgan fingerprint density at radius 1 is 1.40 bits per heavy atom. The van der Waals surface area contributed by atoms with Gasteiger partial charge in [-0.1, -0.05) is 0 Å².